The summed E-state index contributed by atoms with van der Waals surface area (Å²) in [7, 11) is -0.412. The zero-order chi connectivity index (χ0) is 5.54. The van der Waals surface area contributed by atoms with Crippen LogP contribution in [-0.4, -0.2) is 9.76 Å². The van der Waals surface area contributed by atoms with Crippen LogP contribution in [0.25, 0.3) is 0 Å². The lowest BCUT2D eigenvalue weighted by molar-refractivity contribution is 0.522. The average molecular weight is 114 g/mol. The molecule has 0 amide bonds. The van der Waals surface area contributed by atoms with E-state index in [1.807, 2.05) is 18.7 Å². The smallest absolute Gasteiger partial charge is 0.242 e. The van der Waals surface area contributed by atoms with Crippen LogP contribution in [-0.2, 0) is 4.43 Å². The van der Waals surface area contributed by atoms with Crippen molar-refractivity contribution in [2.75, 3.05) is 0 Å². The van der Waals surface area contributed by atoms with Gasteiger partial charge in [0.1, 0.15) is 0 Å². The second-order valence-corrected chi connectivity index (χ2v) is 2.34. The summed E-state index contributed by atoms with van der Waals surface area (Å²) < 4.78 is 4.97. The Kier molecular flexibility index (Phi) is 5.10. The lowest BCUT2D eigenvalue weighted by atomic mass is 10.8. The Morgan fingerprint density at radius 2 is 2.43 bits per heavy atom. The summed E-state index contributed by atoms with van der Waals surface area (Å²) in [5, 5.41) is 0. The molecule has 0 rings (SSSR count). The van der Waals surface area contributed by atoms with Gasteiger partial charge in [0.05, 0.1) is 6.26 Å². The van der Waals surface area contributed by atoms with Crippen molar-refractivity contribution < 1.29 is 4.43 Å². The van der Waals surface area contributed by atoms with E-state index in [1.165, 1.54) is 0 Å². The standard InChI is InChI=1S/C5H10OSi/c1-3-5-6-7-4-2/h3-5H,2,7H2,1H3. The van der Waals surface area contributed by atoms with Crippen molar-refractivity contribution in [3.63, 3.8) is 0 Å². The van der Waals surface area contributed by atoms with E-state index in [-0.39, 0.29) is 0 Å². The summed E-state index contributed by atoms with van der Waals surface area (Å²) >= 11 is 0. The van der Waals surface area contributed by atoms with Gasteiger partial charge in [0, 0.05) is 0 Å². The topological polar surface area (TPSA) is 9.23 Å². The molecule has 0 bridgehead atoms. The molecular weight excluding hydrogens is 104 g/mol. The molecule has 0 aromatic carbocycles. The lowest BCUT2D eigenvalue weighted by Crippen LogP contribution is -1.83. The Hall–Kier alpha value is -0.503. The van der Waals surface area contributed by atoms with Gasteiger partial charge in [-0.25, -0.2) is 0 Å². The second kappa shape index (κ2) is 5.50. The Balaban J connectivity index is 2.82. The molecule has 0 aromatic rings. The first kappa shape index (κ1) is 6.50. The highest BCUT2D eigenvalue weighted by atomic mass is 28.2. The van der Waals surface area contributed by atoms with Crippen molar-refractivity contribution >= 4 is 9.76 Å². The second-order valence-electron chi connectivity index (χ2n) is 1.09. The summed E-state index contributed by atoms with van der Waals surface area (Å²) in [6.07, 6.45) is 3.57. The summed E-state index contributed by atoms with van der Waals surface area (Å²) in [5.74, 6) is 0. The van der Waals surface area contributed by atoms with Crippen LogP contribution in [0.5, 0.6) is 0 Å². The summed E-state index contributed by atoms with van der Waals surface area (Å²) in [5.41, 5.74) is 1.85. The van der Waals surface area contributed by atoms with Gasteiger partial charge in [-0.1, -0.05) is 11.8 Å². The fraction of sp³-hybridized carbons (Fsp3) is 0.200. The third-order valence-corrected chi connectivity index (χ3v) is 1.07. The van der Waals surface area contributed by atoms with Crippen LogP contribution >= 0.6 is 0 Å². The largest absolute Gasteiger partial charge is 0.551 e. The van der Waals surface area contributed by atoms with Gasteiger partial charge < -0.3 is 4.43 Å². The van der Waals surface area contributed by atoms with Gasteiger partial charge in [-0.05, 0) is 6.92 Å². The molecule has 0 aliphatic heterocycles. The minimum atomic E-state index is -0.412. The summed E-state index contributed by atoms with van der Waals surface area (Å²) in [4.78, 5) is 0. The maximum Gasteiger partial charge on any atom is 0.242 e. The molecule has 2 heteroatoms. The molecule has 0 aliphatic carbocycles. The Morgan fingerprint density at radius 1 is 1.71 bits per heavy atom. The molecular formula is C5H10OSi. The van der Waals surface area contributed by atoms with Gasteiger partial charge in [-0.15, -0.1) is 6.58 Å². The van der Waals surface area contributed by atoms with E-state index in [0.29, 0.717) is 0 Å². The summed E-state index contributed by atoms with van der Waals surface area (Å²) in [6.45, 7) is 5.46. The molecule has 40 valence electrons. The van der Waals surface area contributed by atoms with Gasteiger partial charge in [0.2, 0.25) is 9.76 Å². The Bertz CT molecular complexity index is 68.5. The van der Waals surface area contributed by atoms with E-state index in [9.17, 15) is 0 Å². The highest BCUT2D eigenvalue weighted by Crippen LogP contribution is 1.71. The van der Waals surface area contributed by atoms with Gasteiger partial charge in [0.25, 0.3) is 0 Å². The van der Waals surface area contributed by atoms with Crippen LogP contribution in [0.15, 0.2) is 24.6 Å². The lowest BCUT2D eigenvalue weighted by Gasteiger charge is -1.88. The van der Waals surface area contributed by atoms with Crippen molar-refractivity contribution in [1.82, 2.24) is 0 Å². The molecule has 1 nitrogen and oxygen atoms in total. The molecule has 0 N–H and O–H groups in total. The quantitative estimate of drug-likeness (QED) is 0.299. The molecule has 0 heterocycles. The highest BCUT2D eigenvalue weighted by Gasteiger charge is 1.67. The average Bonchev–Trinajstić information content (AvgIpc) is 1.69. The third kappa shape index (κ3) is 5.50. The maximum atomic E-state index is 4.97. The molecule has 0 atom stereocenters. The van der Waals surface area contributed by atoms with E-state index in [1.54, 1.807) is 6.26 Å². The number of rotatable bonds is 3. The predicted molar refractivity (Wildman–Crippen MR) is 34.6 cm³/mol. The van der Waals surface area contributed by atoms with Crippen molar-refractivity contribution in [2.45, 2.75) is 6.92 Å². The van der Waals surface area contributed by atoms with Gasteiger partial charge >= 0.3 is 0 Å². The Labute approximate surface area is 46.6 Å². The first-order chi connectivity index (χ1) is 3.41. The van der Waals surface area contributed by atoms with Crippen molar-refractivity contribution in [3.05, 3.63) is 24.6 Å². The van der Waals surface area contributed by atoms with Gasteiger partial charge in [-0.3, -0.25) is 0 Å². The number of allylic oxidation sites excluding steroid dienone is 1. The van der Waals surface area contributed by atoms with Crippen LogP contribution in [0, 0.1) is 0 Å². The maximum absolute atomic E-state index is 4.97. The normalized spacial score (nSPS) is 11.0. The van der Waals surface area contributed by atoms with Crippen molar-refractivity contribution in [3.8, 4) is 0 Å². The predicted octanol–water partition coefficient (Wildman–Crippen LogP) is 0.764. The van der Waals surface area contributed by atoms with E-state index in [4.69, 9.17) is 4.43 Å². The van der Waals surface area contributed by atoms with Crippen LogP contribution in [0.3, 0.4) is 0 Å². The van der Waals surface area contributed by atoms with Crippen LogP contribution in [0.1, 0.15) is 6.92 Å². The van der Waals surface area contributed by atoms with E-state index >= 15 is 0 Å². The molecule has 7 heavy (non-hydrogen) atoms. The van der Waals surface area contributed by atoms with E-state index in [0.717, 1.165) is 0 Å². The molecule has 0 aromatic heterocycles. The first-order valence-electron chi connectivity index (χ1n) is 2.25. The van der Waals surface area contributed by atoms with Gasteiger partial charge in [-0.2, -0.15) is 0 Å². The SMILES string of the molecule is C=C[SiH2]OC=CC. The van der Waals surface area contributed by atoms with Crippen molar-refractivity contribution in [1.29, 1.82) is 0 Å². The molecule has 0 unspecified atom stereocenters. The molecule has 0 aliphatic rings. The van der Waals surface area contributed by atoms with Crippen LogP contribution in [0.2, 0.25) is 0 Å². The molecule has 0 saturated carbocycles. The van der Waals surface area contributed by atoms with Gasteiger partial charge in [0.15, 0.2) is 0 Å². The monoisotopic (exact) mass is 114 g/mol. The minimum Gasteiger partial charge on any atom is -0.551 e. The fourth-order valence-electron chi connectivity index (χ4n) is 0.220. The highest BCUT2D eigenvalue weighted by molar-refractivity contribution is 6.34. The van der Waals surface area contributed by atoms with E-state index < -0.39 is 9.76 Å². The zero-order valence-electron chi connectivity index (χ0n) is 4.55. The fourth-order valence-corrected chi connectivity index (χ4v) is 0.659. The molecule has 0 spiro atoms. The van der Waals surface area contributed by atoms with Crippen LogP contribution in [0.4, 0.5) is 0 Å². The minimum absolute atomic E-state index is 0.412. The van der Waals surface area contributed by atoms with Crippen molar-refractivity contribution in [2.24, 2.45) is 0 Å². The van der Waals surface area contributed by atoms with E-state index in [2.05, 4.69) is 6.58 Å². The third-order valence-electron chi connectivity index (χ3n) is 0.446. The summed E-state index contributed by atoms with van der Waals surface area (Å²) in [6, 6.07) is 0. The van der Waals surface area contributed by atoms with Crippen LogP contribution < -0.4 is 0 Å². The molecule has 0 fully saturated rings. The zero-order valence-corrected chi connectivity index (χ0v) is 5.97. The molecule has 0 saturated heterocycles. The Morgan fingerprint density at radius 3 is 2.86 bits per heavy atom. The first-order valence-corrected chi connectivity index (χ1v) is 3.65. The number of hydrogen-bond acceptors (Lipinski definition) is 1. The number of hydrogen-bond donors (Lipinski definition) is 0. The molecule has 0 radical (unpaired) electrons.